The molecule has 1 unspecified atom stereocenters. The molecule has 2 aliphatic rings. The summed E-state index contributed by atoms with van der Waals surface area (Å²) in [5.74, 6) is 0. The van der Waals surface area contributed by atoms with E-state index in [0.717, 1.165) is 13.1 Å². The maximum absolute atomic E-state index is 12.2. The lowest BCUT2D eigenvalue weighted by atomic mass is 10.2. The quantitative estimate of drug-likeness (QED) is 0.705. The number of nitrogens with zero attached hydrogens (tertiary/aromatic N) is 2. The Morgan fingerprint density at radius 2 is 1.58 bits per heavy atom. The van der Waals surface area contributed by atoms with E-state index in [1.807, 2.05) is 11.6 Å². The molecule has 7 heteroatoms. The molecule has 2 aliphatic heterocycles. The maximum atomic E-state index is 12.2. The van der Waals surface area contributed by atoms with Crippen LogP contribution in [0.25, 0.3) is 0 Å². The van der Waals surface area contributed by atoms with Gasteiger partial charge in [-0.2, -0.15) is 0 Å². The molecule has 31 heavy (non-hydrogen) atoms. The van der Waals surface area contributed by atoms with Crippen LogP contribution in [0.4, 0.5) is 4.79 Å². The standard InChI is InChI=1S/C24H31N3O2SSi/c1-24(2,3)31(20-11-7-5-8-12-20,21-13-9-6-10-14-21)29-19-17-26(18-19)23-27(15-16-30-23)22(28)25-4/h5-16,19,23H,17-18H2,1-4H3,(H,25,28). The lowest BCUT2D eigenvalue weighted by Crippen LogP contribution is -2.71. The molecule has 0 aromatic heterocycles. The molecule has 0 saturated carbocycles. The van der Waals surface area contributed by atoms with E-state index in [4.69, 9.17) is 4.43 Å². The molecule has 0 radical (unpaired) electrons. The van der Waals surface area contributed by atoms with Crippen LogP contribution in [0.3, 0.4) is 0 Å². The van der Waals surface area contributed by atoms with Gasteiger partial charge in [0.2, 0.25) is 0 Å². The number of nitrogens with one attached hydrogen (secondary N) is 1. The van der Waals surface area contributed by atoms with E-state index in [1.54, 1.807) is 23.7 Å². The van der Waals surface area contributed by atoms with Gasteiger partial charge < -0.3 is 9.74 Å². The Morgan fingerprint density at radius 1 is 1.03 bits per heavy atom. The first-order chi connectivity index (χ1) is 14.9. The first-order valence-corrected chi connectivity index (χ1v) is 13.6. The van der Waals surface area contributed by atoms with Crippen molar-refractivity contribution in [3.63, 3.8) is 0 Å². The summed E-state index contributed by atoms with van der Waals surface area (Å²) in [4.78, 5) is 16.2. The summed E-state index contributed by atoms with van der Waals surface area (Å²) in [6.45, 7) is 8.55. The van der Waals surface area contributed by atoms with Crippen molar-refractivity contribution in [3.8, 4) is 0 Å². The Morgan fingerprint density at radius 3 is 2.06 bits per heavy atom. The topological polar surface area (TPSA) is 44.8 Å². The second-order valence-electron chi connectivity index (χ2n) is 9.07. The van der Waals surface area contributed by atoms with Gasteiger partial charge in [-0.05, 0) is 20.8 Å². The number of carbonyl (C=O) groups excluding carboxylic acids is 1. The molecule has 0 aliphatic carbocycles. The van der Waals surface area contributed by atoms with Crippen molar-refractivity contribution in [2.24, 2.45) is 0 Å². The zero-order valence-corrected chi connectivity index (χ0v) is 20.4. The van der Waals surface area contributed by atoms with Crippen LogP contribution in [0.1, 0.15) is 20.8 Å². The number of hydrogen-bond acceptors (Lipinski definition) is 4. The van der Waals surface area contributed by atoms with Crippen molar-refractivity contribution < 1.29 is 9.22 Å². The van der Waals surface area contributed by atoms with Gasteiger partial charge in [-0.1, -0.05) is 93.2 Å². The van der Waals surface area contributed by atoms with Gasteiger partial charge in [0.15, 0.2) is 0 Å². The summed E-state index contributed by atoms with van der Waals surface area (Å²) in [7, 11) is -0.871. The molecule has 1 N–H and O–H groups in total. The number of urea groups is 1. The molecule has 2 amide bonds. The Kier molecular flexibility index (Phi) is 6.30. The second kappa shape index (κ2) is 8.82. The Hall–Kier alpha value is -2.06. The SMILES string of the molecule is CNC(=O)N1C=CSC1N1CC(O[Si](c2ccccc2)(c2ccccc2)C(C)(C)C)C1. The number of likely N-dealkylation sites (tertiary alicyclic amines) is 1. The van der Waals surface area contributed by atoms with Crippen LogP contribution in [0.2, 0.25) is 5.04 Å². The van der Waals surface area contributed by atoms with E-state index >= 15 is 0 Å². The van der Waals surface area contributed by atoms with Gasteiger partial charge >= 0.3 is 6.03 Å². The molecule has 2 aromatic rings. The molecular formula is C24H31N3O2SSi. The molecule has 4 rings (SSSR count). The molecule has 1 fully saturated rings. The highest BCUT2D eigenvalue weighted by Gasteiger charge is 2.53. The van der Waals surface area contributed by atoms with Crippen molar-refractivity contribution >= 4 is 36.5 Å². The van der Waals surface area contributed by atoms with Crippen molar-refractivity contribution in [1.82, 2.24) is 15.1 Å². The zero-order valence-electron chi connectivity index (χ0n) is 18.6. The van der Waals surface area contributed by atoms with Gasteiger partial charge in [0.25, 0.3) is 8.32 Å². The van der Waals surface area contributed by atoms with Crippen LogP contribution in [0.5, 0.6) is 0 Å². The molecular weight excluding hydrogens is 422 g/mol. The van der Waals surface area contributed by atoms with E-state index in [0.29, 0.717) is 0 Å². The van der Waals surface area contributed by atoms with Gasteiger partial charge in [0.1, 0.15) is 5.50 Å². The van der Waals surface area contributed by atoms with Crippen molar-refractivity contribution in [1.29, 1.82) is 0 Å². The third kappa shape index (κ3) is 4.07. The van der Waals surface area contributed by atoms with E-state index in [-0.39, 0.29) is 22.7 Å². The average Bonchev–Trinajstić information content (AvgIpc) is 3.22. The summed E-state index contributed by atoms with van der Waals surface area (Å²) in [5.41, 5.74) is -0.000969. The molecule has 0 spiro atoms. The number of thioether (sulfide) groups is 1. The monoisotopic (exact) mass is 453 g/mol. The predicted molar refractivity (Wildman–Crippen MR) is 131 cm³/mol. The molecule has 1 saturated heterocycles. The summed E-state index contributed by atoms with van der Waals surface area (Å²) in [5, 5.41) is 7.28. The van der Waals surface area contributed by atoms with Crippen LogP contribution in [-0.4, -0.2) is 55.9 Å². The third-order valence-electron chi connectivity index (χ3n) is 6.06. The highest BCUT2D eigenvalue weighted by Crippen LogP contribution is 2.39. The molecule has 5 nitrogen and oxygen atoms in total. The highest BCUT2D eigenvalue weighted by atomic mass is 32.2. The average molecular weight is 454 g/mol. The molecule has 0 bridgehead atoms. The second-order valence-corrected chi connectivity index (χ2v) is 14.3. The summed E-state index contributed by atoms with van der Waals surface area (Å²) < 4.78 is 7.17. The fourth-order valence-electron chi connectivity index (χ4n) is 4.54. The van der Waals surface area contributed by atoms with E-state index in [1.165, 1.54) is 10.4 Å². The summed E-state index contributed by atoms with van der Waals surface area (Å²) in [6, 6.07) is 21.4. The van der Waals surface area contributed by atoms with Crippen LogP contribution in [0, 0.1) is 0 Å². The van der Waals surface area contributed by atoms with Crippen molar-refractivity contribution in [2.75, 3.05) is 20.1 Å². The zero-order chi connectivity index (χ0) is 22.1. The number of hydrogen-bond donors (Lipinski definition) is 1. The first-order valence-electron chi connectivity index (χ1n) is 10.7. The lowest BCUT2D eigenvalue weighted by molar-refractivity contribution is -0.0152. The summed E-state index contributed by atoms with van der Waals surface area (Å²) in [6.07, 6.45) is 1.99. The Balaban J connectivity index is 1.60. The molecule has 1 atom stereocenters. The van der Waals surface area contributed by atoms with Gasteiger partial charge in [0.05, 0.1) is 6.10 Å². The number of rotatable bonds is 5. The van der Waals surface area contributed by atoms with E-state index in [9.17, 15) is 4.79 Å². The van der Waals surface area contributed by atoms with Crippen molar-refractivity contribution in [2.45, 2.75) is 37.4 Å². The molecule has 2 aromatic carbocycles. The smallest absolute Gasteiger partial charge is 0.323 e. The number of carbonyl (C=O) groups is 1. The van der Waals surface area contributed by atoms with Crippen molar-refractivity contribution in [3.05, 3.63) is 72.3 Å². The van der Waals surface area contributed by atoms with Gasteiger partial charge in [0, 0.05) is 26.3 Å². The fraction of sp³-hybridized carbons (Fsp3) is 0.375. The van der Waals surface area contributed by atoms with E-state index in [2.05, 4.69) is 91.7 Å². The fourth-order valence-corrected chi connectivity index (χ4v) is 10.2. The van der Waals surface area contributed by atoms with Crippen LogP contribution in [0.15, 0.2) is 72.3 Å². The number of benzene rings is 2. The largest absolute Gasteiger partial charge is 0.402 e. The summed E-state index contributed by atoms with van der Waals surface area (Å²) >= 11 is 1.66. The van der Waals surface area contributed by atoms with Gasteiger partial charge in [-0.15, -0.1) is 0 Å². The van der Waals surface area contributed by atoms with Gasteiger partial charge in [-0.25, -0.2) is 4.79 Å². The van der Waals surface area contributed by atoms with Crippen LogP contribution < -0.4 is 15.7 Å². The third-order valence-corrected chi connectivity index (χ3v) is 12.2. The predicted octanol–water partition coefficient (Wildman–Crippen LogP) is 3.39. The van der Waals surface area contributed by atoms with Crippen LogP contribution >= 0.6 is 11.8 Å². The minimum absolute atomic E-state index is 0.000969. The molecule has 2 heterocycles. The Bertz CT molecular complexity index is 887. The van der Waals surface area contributed by atoms with Crippen LogP contribution in [-0.2, 0) is 4.43 Å². The minimum Gasteiger partial charge on any atom is -0.402 e. The van der Waals surface area contributed by atoms with E-state index < -0.39 is 8.32 Å². The Labute approximate surface area is 190 Å². The van der Waals surface area contributed by atoms with Gasteiger partial charge in [-0.3, -0.25) is 9.80 Å². The maximum Gasteiger partial charge on any atom is 0.323 e. The number of amides is 2. The molecule has 164 valence electrons. The first kappa shape index (κ1) is 22.1. The minimum atomic E-state index is -2.54. The lowest BCUT2D eigenvalue weighted by Gasteiger charge is -2.51. The highest BCUT2D eigenvalue weighted by molar-refractivity contribution is 8.02. The normalized spacial score (nSPS) is 20.0.